The van der Waals surface area contributed by atoms with Crippen molar-refractivity contribution >= 4 is 17.1 Å². The maximum absolute atomic E-state index is 15.6. The van der Waals surface area contributed by atoms with Gasteiger partial charge in [-0.25, -0.2) is 13.8 Å². The highest BCUT2D eigenvalue weighted by atomic mass is 19.1. The van der Waals surface area contributed by atoms with Gasteiger partial charge >= 0.3 is 0 Å². The van der Waals surface area contributed by atoms with Crippen molar-refractivity contribution in [1.29, 1.82) is 0 Å². The molecule has 4 rings (SSSR count). The first-order chi connectivity index (χ1) is 14.9. The Balaban J connectivity index is 1.80. The van der Waals surface area contributed by atoms with Crippen LogP contribution in [0.25, 0.3) is 11.3 Å². The van der Waals surface area contributed by atoms with Crippen LogP contribution < -0.4 is 10.5 Å². The zero-order valence-electron chi connectivity index (χ0n) is 18.0. The minimum atomic E-state index is -0.681. The van der Waals surface area contributed by atoms with E-state index in [9.17, 15) is 9.18 Å². The number of aryl methyl sites for hydroxylation is 1. The summed E-state index contributed by atoms with van der Waals surface area (Å²) in [5.41, 5.74) is 2.32. The van der Waals surface area contributed by atoms with Crippen LogP contribution in [-0.2, 0) is 0 Å². The second-order valence-electron chi connectivity index (χ2n) is 8.09. The molecule has 1 aliphatic carbocycles. The maximum atomic E-state index is 15.6. The standard InChI is InChI=1S/C24H26F2N4O/c1-15-14-18(25)23(30-11-7-10-29(3)12-13-30)21(26)22(15)27-16(2)20-17-8-5-4-6-9-19(17)28-24(20)31/h4-6,8-9,14H,7,10-13H2,1-3H3,(H,28,31). The Kier molecular flexibility index (Phi) is 5.87. The lowest BCUT2D eigenvalue weighted by molar-refractivity contribution is 0.360. The lowest BCUT2D eigenvalue weighted by Gasteiger charge is -2.25. The van der Waals surface area contributed by atoms with E-state index in [0.29, 0.717) is 41.2 Å². The topological polar surface area (TPSA) is 51.7 Å². The summed E-state index contributed by atoms with van der Waals surface area (Å²) in [6.45, 7) is 6.05. The van der Waals surface area contributed by atoms with Gasteiger partial charge in [-0.1, -0.05) is 24.3 Å². The van der Waals surface area contributed by atoms with Crippen molar-refractivity contribution in [3.05, 3.63) is 69.5 Å². The van der Waals surface area contributed by atoms with Crippen molar-refractivity contribution in [2.24, 2.45) is 4.99 Å². The van der Waals surface area contributed by atoms with Crippen LogP contribution >= 0.6 is 0 Å². The highest BCUT2D eigenvalue weighted by molar-refractivity contribution is 6.05. The Morgan fingerprint density at radius 2 is 1.87 bits per heavy atom. The Morgan fingerprint density at radius 3 is 2.68 bits per heavy atom. The van der Waals surface area contributed by atoms with E-state index in [0.717, 1.165) is 19.5 Å². The summed E-state index contributed by atoms with van der Waals surface area (Å²) in [5, 5.41) is 0. The zero-order valence-corrected chi connectivity index (χ0v) is 18.0. The van der Waals surface area contributed by atoms with Gasteiger partial charge in [-0.05, 0) is 51.6 Å². The molecule has 1 N–H and O–H groups in total. The molecule has 1 saturated heterocycles. The largest absolute Gasteiger partial charge is 0.365 e. The highest BCUT2D eigenvalue weighted by Gasteiger charge is 2.24. The lowest BCUT2D eigenvalue weighted by atomic mass is 10.1. The average Bonchev–Trinajstić information content (AvgIpc) is 2.88. The van der Waals surface area contributed by atoms with Gasteiger partial charge in [-0.3, -0.25) is 4.79 Å². The van der Waals surface area contributed by atoms with E-state index in [2.05, 4.69) is 14.9 Å². The van der Waals surface area contributed by atoms with Gasteiger partial charge in [0.2, 0.25) is 0 Å². The molecule has 0 amide bonds. The van der Waals surface area contributed by atoms with Crippen LogP contribution in [0.5, 0.6) is 0 Å². The number of halogens is 2. The number of anilines is 1. The number of aliphatic imine (C=N–C) groups is 1. The van der Waals surface area contributed by atoms with Gasteiger partial charge in [-0.2, -0.15) is 0 Å². The molecule has 3 aliphatic rings. The second-order valence-corrected chi connectivity index (χ2v) is 8.09. The van der Waals surface area contributed by atoms with E-state index >= 15 is 4.39 Å². The summed E-state index contributed by atoms with van der Waals surface area (Å²) < 4.78 is 30.4. The molecule has 0 atom stereocenters. The average molecular weight is 424 g/mol. The maximum Gasteiger partial charge on any atom is 0.258 e. The number of nitrogens with zero attached hydrogens (tertiary/aromatic N) is 3. The van der Waals surface area contributed by atoms with Gasteiger partial charge in [0.1, 0.15) is 17.2 Å². The van der Waals surface area contributed by atoms with E-state index < -0.39 is 11.6 Å². The Bertz CT molecular complexity index is 1170. The molecular weight excluding hydrogens is 398 g/mol. The third-order valence-corrected chi connectivity index (χ3v) is 5.82. The van der Waals surface area contributed by atoms with Crippen molar-refractivity contribution in [1.82, 2.24) is 9.88 Å². The van der Waals surface area contributed by atoms with Crippen LogP contribution in [-0.4, -0.2) is 48.8 Å². The van der Waals surface area contributed by atoms with Gasteiger partial charge in [0, 0.05) is 30.9 Å². The van der Waals surface area contributed by atoms with Crippen molar-refractivity contribution < 1.29 is 8.78 Å². The number of hydrogen-bond donors (Lipinski definition) is 1. The third kappa shape index (κ3) is 4.10. The molecule has 1 aromatic rings. The van der Waals surface area contributed by atoms with Gasteiger partial charge in [0.05, 0.1) is 11.3 Å². The molecule has 0 radical (unpaired) electrons. The highest BCUT2D eigenvalue weighted by Crippen LogP contribution is 2.35. The Morgan fingerprint density at radius 1 is 1.10 bits per heavy atom. The van der Waals surface area contributed by atoms with Crippen molar-refractivity contribution in [2.75, 3.05) is 38.1 Å². The smallest absolute Gasteiger partial charge is 0.258 e. The first kappa shape index (κ1) is 21.2. The predicted octanol–water partition coefficient (Wildman–Crippen LogP) is 4.35. The fourth-order valence-corrected chi connectivity index (χ4v) is 4.18. The van der Waals surface area contributed by atoms with Crippen LogP contribution in [0, 0.1) is 18.6 Å². The van der Waals surface area contributed by atoms with Crippen LogP contribution in [0.3, 0.4) is 0 Å². The number of likely N-dealkylation sites (N-methyl/N-ethyl adjacent to an activating group) is 1. The minimum Gasteiger partial charge on any atom is -0.365 e. The van der Waals surface area contributed by atoms with Gasteiger partial charge in [0.25, 0.3) is 5.56 Å². The van der Waals surface area contributed by atoms with E-state index in [1.54, 1.807) is 18.7 Å². The number of aromatic amines is 1. The predicted molar refractivity (Wildman–Crippen MR) is 121 cm³/mol. The summed E-state index contributed by atoms with van der Waals surface area (Å²) in [5.74, 6) is -1.26. The normalized spacial score (nSPS) is 16.0. The van der Waals surface area contributed by atoms with E-state index in [-0.39, 0.29) is 16.9 Å². The number of nitrogens with one attached hydrogen (secondary N) is 1. The number of rotatable bonds is 3. The Hall–Kier alpha value is -3.06. The molecule has 5 nitrogen and oxygen atoms in total. The molecular formula is C24H26F2N4O. The molecule has 2 aliphatic heterocycles. The molecule has 31 heavy (non-hydrogen) atoms. The fourth-order valence-electron chi connectivity index (χ4n) is 4.18. The van der Waals surface area contributed by atoms with Crippen molar-refractivity contribution in [2.45, 2.75) is 20.3 Å². The summed E-state index contributed by atoms with van der Waals surface area (Å²) in [4.78, 5) is 23.8. The van der Waals surface area contributed by atoms with E-state index in [1.807, 2.05) is 37.4 Å². The lowest BCUT2D eigenvalue weighted by Crippen LogP contribution is -2.30. The third-order valence-electron chi connectivity index (χ3n) is 5.82. The molecule has 162 valence electrons. The molecule has 0 bridgehead atoms. The molecule has 1 aromatic carbocycles. The summed E-state index contributed by atoms with van der Waals surface area (Å²) >= 11 is 0. The molecule has 7 heteroatoms. The van der Waals surface area contributed by atoms with Gasteiger partial charge in [0.15, 0.2) is 5.82 Å². The summed E-state index contributed by atoms with van der Waals surface area (Å²) in [7, 11) is 2.01. The monoisotopic (exact) mass is 424 g/mol. The molecule has 0 saturated carbocycles. The fraction of sp³-hybridized carbons (Fsp3) is 0.333. The number of benzene rings is 1. The van der Waals surface area contributed by atoms with Crippen molar-refractivity contribution in [3.8, 4) is 11.3 Å². The summed E-state index contributed by atoms with van der Waals surface area (Å²) in [6.07, 6.45) is 0.826. The van der Waals surface area contributed by atoms with Gasteiger partial charge < -0.3 is 14.8 Å². The number of hydrogen-bond acceptors (Lipinski definition) is 4. The number of fused-ring (bicyclic) bond motifs is 1. The molecule has 2 heterocycles. The molecule has 1 fully saturated rings. The van der Waals surface area contributed by atoms with Crippen LogP contribution in [0.4, 0.5) is 20.2 Å². The number of H-pyrrole nitrogens is 1. The first-order valence-electron chi connectivity index (χ1n) is 10.5. The number of aromatic nitrogens is 1. The van der Waals surface area contributed by atoms with Gasteiger partial charge in [-0.15, -0.1) is 0 Å². The SMILES string of the molecule is CC(=Nc1c(C)cc(F)c(N2CCCN(C)CC2)c1F)c1c2cccccc-2[nH]c1=O. The molecule has 0 unspecified atom stereocenters. The van der Waals surface area contributed by atoms with Crippen LogP contribution in [0.2, 0.25) is 0 Å². The minimum absolute atomic E-state index is 0.0416. The first-order valence-corrected chi connectivity index (χ1v) is 10.5. The Labute approximate surface area is 180 Å². The van der Waals surface area contributed by atoms with Crippen molar-refractivity contribution in [3.63, 3.8) is 0 Å². The molecule has 0 aromatic heterocycles. The second kappa shape index (κ2) is 8.59. The molecule has 0 spiro atoms. The van der Waals surface area contributed by atoms with E-state index in [4.69, 9.17) is 0 Å². The van der Waals surface area contributed by atoms with E-state index in [1.165, 1.54) is 6.07 Å². The summed E-state index contributed by atoms with van der Waals surface area (Å²) in [6, 6.07) is 10.5. The zero-order chi connectivity index (χ0) is 22.1. The quantitative estimate of drug-likeness (QED) is 0.636. The van der Waals surface area contributed by atoms with Crippen LogP contribution in [0.1, 0.15) is 24.5 Å². The van der Waals surface area contributed by atoms with Crippen LogP contribution in [0.15, 0.2) is 46.2 Å².